The lowest BCUT2D eigenvalue weighted by Gasteiger charge is -2.19. The number of methoxy groups -OCH3 is 1. The molecule has 2 aromatic carbocycles. The Balaban J connectivity index is 1.71. The van der Waals surface area contributed by atoms with Gasteiger partial charge < -0.3 is 19.4 Å². The highest BCUT2D eigenvalue weighted by atomic mass is 35.5. The van der Waals surface area contributed by atoms with Gasteiger partial charge in [-0.1, -0.05) is 53.2 Å². The van der Waals surface area contributed by atoms with Crippen LogP contribution in [0.25, 0.3) is 0 Å². The Morgan fingerprint density at radius 2 is 1.81 bits per heavy atom. The Kier molecular flexibility index (Phi) is 8.28. The van der Waals surface area contributed by atoms with Gasteiger partial charge in [0, 0.05) is 6.04 Å². The fourth-order valence-electron chi connectivity index (χ4n) is 3.03. The summed E-state index contributed by atoms with van der Waals surface area (Å²) in [7, 11) is 1.60. The number of carbonyl (C=O) groups excluding carboxylic acids is 1. The molecule has 0 saturated carbocycles. The van der Waals surface area contributed by atoms with Gasteiger partial charge >= 0.3 is 0 Å². The zero-order valence-electron chi connectivity index (χ0n) is 18.1. The third-order valence-electron chi connectivity index (χ3n) is 4.50. The third-order valence-corrected chi connectivity index (χ3v) is 6.26. The molecule has 32 heavy (non-hydrogen) atoms. The highest BCUT2D eigenvalue weighted by molar-refractivity contribution is 7.99. The largest absolute Gasteiger partial charge is 0.493 e. The number of nitrogens with one attached hydrogen (secondary N) is 1. The molecule has 170 valence electrons. The maximum Gasteiger partial charge on any atom is 0.234 e. The highest BCUT2D eigenvalue weighted by Gasteiger charge is 2.23. The Bertz CT molecular complexity index is 1090. The van der Waals surface area contributed by atoms with Crippen molar-refractivity contribution in [1.82, 2.24) is 14.8 Å². The summed E-state index contributed by atoms with van der Waals surface area (Å²) in [5.41, 5.74) is 0.467. The molecule has 10 heteroatoms. The average Bonchev–Trinajstić information content (AvgIpc) is 3.20. The summed E-state index contributed by atoms with van der Waals surface area (Å²) in [6, 6.07) is 12.6. The van der Waals surface area contributed by atoms with Gasteiger partial charge in [-0.3, -0.25) is 4.79 Å². The zero-order chi connectivity index (χ0) is 23.3. The van der Waals surface area contributed by atoms with Gasteiger partial charge in [0.15, 0.2) is 28.6 Å². The van der Waals surface area contributed by atoms with E-state index in [2.05, 4.69) is 15.5 Å². The van der Waals surface area contributed by atoms with Crippen LogP contribution in [-0.2, 0) is 4.79 Å². The van der Waals surface area contributed by atoms with E-state index in [-0.39, 0.29) is 23.8 Å². The summed E-state index contributed by atoms with van der Waals surface area (Å²) in [5, 5.41) is 12.7. The summed E-state index contributed by atoms with van der Waals surface area (Å²) in [6.45, 7) is 5.95. The van der Waals surface area contributed by atoms with Crippen molar-refractivity contribution in [3.05, 3.63) is 58.3 Å². The number of thioether (sulfide) groups is 1. The average molecular weight is 495 g/mol. The number of ether oxygens (including phenoxy) is 2. The molecule has 7 nitrogen and oxygen atoms in total. The third kappa shape index (κ3) is 5.68. The second kappa shape index (κ2) is 10.9. The van der Waals surface area contributed by atoms with Crippen molar-refractivity contribution in [2.45, 2.75) is 38.1 Å². The van der Waals surface area contributed by atoms with E-state index < -0.39 is 0 Å². The number of rotatable bonds is 9. The van der Waals surface area contributed by atoms with Gasteiger partial charge in [0.2, 0.25) is 5.91 Å². The van der Waals surface area contributed by atoms with Gasteiger partial charge in [-0.25, -0.2) is 0 Å². The summed E-state index contributed by atoms with van der Waals surface area (Å²) < 4.78 is 13.4. The molecule has 0 spiro atoms. The molecule has 1 unspecified atom stereocenters. The molecule has 1 amide bonds. The van der Waals surface area contributed by atoms with Crippen LogP contribution in [0.1, 0.15) is 38.7 Å². The second-order valence-corrected chi connectivity index (χ2v) is 8.88. The molecule has 0 saturated heterocycles. The lowest BCUT2D eigenvalue weighted by molar-refractivity contribution is -0.113. The Labute approximate surface area is 201 Å². The minimum absolute atomic E-state index is 0.0663. The van der Waals surface area contributed by atoms with E-state index in [1.54, 1.807) is 25.3 Å². The molecule has 0 aliphatic carbocycles. The number of halogens is 2. The highest BCUT2D eigenvalue weighted by Crippen LogP contribution is 2.33. The second-order valence-electron chi connectivity index (χ2n) is 7.15. The summed E-state index contributed by atoms with van der Waals surface area (Å²) >= 11 is 13.4. The number of hydrogen-bond acceptors (Lipinski definition) is 6. The Morgan fingerprint density at radius 3 is 2.50 bits per heavy atom. The maximum absolute atomic E-state index is 12.5. The molecule has 1 aromatic heterocycles. The van der Waals surface area contributed by atoms with Crippen LogP contribution < -0.4 is 14.8 Å². The van der Waals surface area contributed by atoms with Crippen molar-refractivity contribution < 1.29 is 14.3 Å². The van der Waals surface area contributed by atoms with Crippen LogP contribution in [0, 0.1) is 0 Å². The predicted octanol–water partition coefficient (Wildman–Crippen LogP) is 6.05. The van der Waals surface area contributed by atoms with Crippen molar-refractivity contribution in [3.63, 3.8) is 0 Å². The number of carbonyl (C=O) groups is 1. The molecule has 0 bridgehead atoms. The fraction of sp³-hybridized carbons (Fsp3) is 0.318. The monoisotopic (exact) mass is 494 g/mol. The molecule has 0 radical (unpaired) electrons. The van der Waals surface area contributed by atoms with Crippen LogP contribution in [0.3, 0.4) is 0 Å². The van der Waals surface area contributed by atoms with Gasteiger partial charge in [-0.2, -0.15) is 0 Å². The minimum atomic E-state index is -0.380. The Hall–Kier alpha value is -2.42. The molecule has 3 rings (SSSR count). The molecule has 0 aliphatic heterocycles. The van der Waals surface area contributed by atoms with E-state index in [4.69, 9.17) is 32.7 Å². The normalized spacial score (nSPS) is 12.0. The first-order valence-electron chi connectivity index (χ1n) is 9.93. The standard InChI is InChI=1S/C22H24Cl2N4O3S/c1-13(2)28-21(14(3)31-18-11-6-5-10-17(18)30-4)26-27-22(28)32-12-19(29)25-16-9-7-8-15(23)20(16)24/h5-11,13-14H,12H2,1-4H3,(H,25,29). The van der Waals surface area contributed by atoms with Gasteiger partial charge in [-0.15, -0.1) is 10.2 Å². The number of hydrogen-bond donors (Lipinski definition) is 1. The maximum atomic E-state index is 12.5. The van der Waals surface area contributed by atoms with E-state index in [0.717, 1.165) is 0 Å². The van der Waals surface area contributed by atoms with E-state index in [1.165, 1.54) is 11.8 Å². The summed E-state index contributed by atoms with van der Waals surface area (Å²) in [4.78, 5) is 12.5. The van der Waals surface area contributed by atoms with Crippen LogP contribution in [0.5, 0.6) is 11.5 Å². The molecule has 1 N–H and O–H groups in total. The quantitative estimate of drug-likeness (QED) is 0.365. The lowest BCUT2D eigenvalue weighted by atomic mass is 10.3. The Morgan fingerprint density at radius 1 is 1.09 bits per heavy atom. The van der Waals surface area contributed by atoms with Gasteiger partial charge in [-0.05, 0) is 45.0 Å². The number of amides is 1. The molecular weight excluding hydrogens is 471 g/mol. The van der Waals surface area contributed by atoms with Crippen molar-refractivity contribution >= 4 is 46.6 Å². The van der Waals surface area contributed by atoms with Gasteiger partial charge in [0.05, 0.1) is 28.6 Å². The summed E-state index contributed by atoms with van der Waals surface area (Å²) in [6.07, 6.45) is -0.380. The van der Waals surface area contributed by atoms with Crippen LogP contribution in [0.15, 0.2) is 47.6 Å². The first-order chi connectivity index (χ1) is 15.3. The van der Waals surface area contributed by atoms with Crippen molar-refractivity contribution in [2.24, 2.45) is 0 Å². The van der Waals surface area contributed by atoms with Gasteiger partial charge in [0.1, 0.15) is 0 Å². The topological polar surface area (TPSA) is 78.3 Å². The van der Waals surface area contributed by atoms with E-state index in [0.29, 0.717) is 38.2 Å². The number of para-hydroxylation sites is 2. The summed E-state index contributed by atoms with van der Waals surface area (Å²) in [5.74, 6) is 1.83. The molecular formula is C22H24Cl2N4O3S. The number of anilines is 1. The first-order valence-corrected chi connectivity index (χ1v) is 11.7. The smallest absolute Gasteiger partial charge is 0.234 e. The number of benzene rings is 2. The first kappa shape index (κ1) is 24.2. The van der Waals surface area contributed by atoms with Crippen molar-refractivity contribution in [1.29, 1.82) is 0 Å². The lowest BCUT2D eigenvalue weighted by Crippen LogP contribution is -2.17. The van der Waals surface area contributed by atoms with E-state index in [9.17, 15) is 4.79 Å². The molecule has 1 atom stereocenters. The zero-order valence-corrected chi connectivity index (χ0v) is 20.5. The van der Waals surface area contributed by atoms with Gasteiger partial charge in [0.25, 0.3) is 0 Å². The van der Waals surface area contributed by atoms with Crippen LogP contribution in [0.2, 0.25) is 10.0 Å². The number of aromatic nitrogens is 3. The van der Waals surface area contributed by atoms with Crippen LogP contribution >= 0.6 is 35.0 Å². The fourth-order valence-corrected chi connectivity index (χ4v) is 4.25. The molecule has 1 heterocycles. The number of nitrogens with zero attached hydrogens (tertiary/aromatic N) is 3. The SMILES string of the molecule is COc1ccccc1OC(C)c1nnc(SCC(=O)Nc2cccc(Cl)c2Cl)n1C(C)C. The van der Waals surface area contributed by atoms with Crippen molar-refractivity contribution in [3.8, 4) is 11.5 Å². The molecule has 0 fully saturated rings. The van der Waals surface area contributed by atoms with Crippen LogP contribution in [-0.4, -0.2) is 33.5 Å². The van der Waals surface area contributed by atoms with E-state index >= 15 is 0 Å². The van der Waals surface area contributed by atoms with E-state index in [1.807, 2.05) is 49.6 Å². The molecule has 3 aromatic rings. The van der Waals surface area contributed by atoms with Crippen LogP contribution in [0.4, 0.5) is 5.69 Å². The predicted molar refractivity (Wildman–Crippen MR) is 128 cm³/mol. The molecule has 0 aliphatic rings. The van der Waals surface area contributed by atoms with Crippen molar-refractivity contribution in [2.75, 3.05) is 18.2 Å². The minimum Gasteiger partial charge on any atom is -0.493 e.